The molecule has 1 aliphatic heterocycles. The fourth-order valence-electron chi connectivity index (χ4n) is 2.69. The molecule has 1 aliphatic rings. The molecule has 136 valence electrons. The van der Waals surface area contributed by atoms with E-state index in [4.69, 9.17) is 16.7 Å². The molecule has 1 heterocycles. The minimum Gasteiger partial charge on any atom is -0.322 e. The third-order valence-corrected chi connectivity index (χ3v) is 5.26. The van der Waals surface area contributed by atoms with Gasteiger partial charge >= 0.3 is 0 Å². The van der Waals surface area contributed by atoms with Gasteiger partial charge in [0.05, 0.1) is 15.6 Å². The second-order valence-electron chi connectivity index (χ2n) is 5.84. The van der Waals surface area contributed by atoms with E-state index in [9.17, 15) is 18.0 Å². The van der Waals surface area contributed by atoms with Gasteiger partial charge < -0.3 is 10.2 Å². The summed E-state index contributed by atoms with van der Waals surface area (Å²) in [6.07, 6.45) is 1.21. The van der Waals surface area contributed by atoms with Crippen molar-refractivity contribution in [2.75, 3.05) is 16.8 Å². The lowest BCUT2D eigenvalue weighted by molar-refractivity contribution is -0.117. The Morgan fingerprint density at radius 2 is 1.85 bits per heavy atom. The van der Waals surface area contributed by atoms with Crippen molar-refractivity contribution in [1.82, 2.24) is 0 Å². The van der Waals surface area contributed by atoms with Crippen molar-refractivity contribution in [2.45, 2.75) is 17.7 Å². The zero-order chi connectivity index (χ0) is 18.9. The summed E-state index contributed by atoms with van der Waals surface area (Å²) in [5, 5.41) is 8.10. The first-order valence-electron chi connectivity index (χ1n) is 7.80. The number of hydrogen-bond acceptors (Lipinski definition) is 4. The molecule has 0 saturated carbocycles. The number of anilines is 2. The molecular formula is C17H16ClN3O4S. The Morgan fingerprint density at radius 3 is 2.42 bits per heavy atom. The maximum atomic E-state index is 12.5. The van der Waals surface area contributed by atoms with Crippen LogP contribution in [0.5, 0.6) is 0 Å². The fraction of sp³-hybridized carbons (Fsp3) is 0.176. The molecule has 1 fully saturated rings. The minimum absolute atomic E-state index is 0.0250. The van der Waals surface area contributed by atoms with E-state index in [-0.39, 0.29) is 10.8 Å². The van der Waals surface area contributed by atoms with Crippen molar-refractivity contribution in [3.63, 3.8) is 0 Å². The molecule has 0 aliphatic carbocycles. The SMILES string of the molecule is NS(=O)(=O)c1ccc(NC(=O)c2ccc(Cl)c(N3CCCC3=O)c2)cc1. The Balaban J connectivity index is 1.81. The first-order chi connectivity index (χ1) is 12.3. The first kappa shape index (κ1) is 18.4. The number of benzene rings is 2. The summed E-state index contributed by atoms with van der Waals surface area (Å²) in [5.41, 5.74) is 1.25. The van der Waals surface area contributed by atoms with Crippen LogP contribution in [0, 0.1) is 0 Å². The van der Waals surface area contributed by atoms with Gasteiger partial charge in [-0.05, 0) is 48.9 Å². The molecule has 3 rings (SSSR count). The number of carbonyl (C=O) groups is 2. The van der Waals surface area contributed by atoms with Gasteiger partial charge in [0.25, 0.3) is 5.91 Å². The monoisotopic (exact) mass is 393 g/mol. The van der Waals surface area contributed by atoms with Crippen LogP contribution in [0.25, 0.3) is 0 Å². The number of sulfonamides is 1. The Labute approximate surface area is 155 Å². The van der Waals surface area contributed by atoms with Gasteiger partial charge in [-0.1, -0.05) is 11.6 Å². The predicted octanol–water partition coefficient (Wildman–Crippen LogP) is 2.37. The molecule has 0 atom stereocenters. The Hall–Kier alpha value is -2.42. The highest BCUT2D eigenvalue weighted by Crippen LogP contribution is 2.30. The van der Waals surface area contributed by atoms with Crippen molar-refractivity contribution in [3.05, 3.63) is 53.1 Å². The molecule has 2 amide bonds. The summed E-state index contributed by atoms with van der Waals surface area (Å²) < 4.78 is 22.5. The summed E-state index contributed by atoms with van der Waals surface area (Å²) in [7, 11) is -3.79. The minimum atomic E-state index is -3.79. The van der Waals surface area contributed by atoms with Crippen LogP contribution in [0.15, 0.2) is 47.4 Å². The molecule has 1 saturated heterocycles. The van der Waals surface area contributed by atoms with Crippen LogP contribution in [0.2, 0.25) is 5.02 Å². The molecule has 9 heteroatoms. The van der Waals surface area contributed by atoms with Gasteiger partial charge in [0.1, 0.15) is 0 Å². The molecule has 0 unspecified atom stereocenters. The van der Waals surface area contributed by atoms with Crippen LogP contribution < -0.4 is 15.4 Å². The predicted molar refractivity (Wildman–Crippen MR) is 98.8 cm³/mol. The number of hydrogen-bond donors (Lipinski definition) is 2. The van der Waals surface area contributed by atoms with Crippen LogP contribution in [0.1, 0.15) is 23.2 Å². The molecule has 7 nitrogen and oxygen atoms in total. The van der Waals surface area contributed by atoms with Crippen molar-refractivity contribution in [3.8, 4) is 0 Å². The molecule has 0 spiro atoms. The number of amides is 2. The summed E-state index contributed by atoms with van der Waals surface area (Å²) in [5.74, 6) is -0.430. The van der Waals surface area contributed by atoms with E-state index in [0.29, 0.717) is 34.9 Å². The number of carbonyl (C=O) groups excluding carboxylic acids is 2. The topological polar surface area (TPSA) is 110 Å². The molecule has 3 N–H and O–H groups in total. The van der Waals surface area contributed by atoms with E-state index in [1.165, 1.54) is 24.3 Å². The molecule has 26 heavy (non-hydrogen) atoms. The zero-order valence-electron chi connectivity index (χ0n) is 13.6. The first-order valence-corrected chi connectivity index (χ1v) is 9.72. The molecule has 0 aromatic heterocycles. The Kier molecular flexibility index (Phi) is 4.99. The number of nitrogens with one attached hydrogen (secondary N) is 1. The van der Waals surface area contributed by atoms with Crippen LogP contribution in [0.4, 0.5) is 11.4 Å². The van der Waals surface area contributed by atoms with Crippen molar-refractivity contribution >= 4 is 44.8 Å². The number of rotatable bonds is 4. The van der Waals surface area contributed by atoms with Crippen LogP contribution in [-0.2, 0) is 14.8 Å². The van der Waals surface area contributed by atoms with E-state index in [2.05, 4.69) is 5.32 Å². The summed E-state index contributed by atoms with van der Waals surface area (Å²) in [6, 6.07) is 10.2. The summed E-state index contributed by atoms with van der Waals surface area (Å²) in [4.78, 5) is 25.9. The number of primary sulfonamides is 1. The van der Waals surface area contributed by atoms with E-state index >= 15 is 0 Å². The third kappa shape index (κ3) is 3.87. The second-order valence-corrected chi connectivity index (χ2v) is 7.81. The van der Waals surface area contributed by atoms with Gasteiger partial charge in [-0.15, -0.1) is 0 Å². The highest BCUT2D eigenvalue weighted by molar-refractivity contribution is 7.89. The highest BCUT2D eigenvalue weighted by atomic mass is 35.5. The van der Waals surface area contributed by atoms with Gasteiger partial charge in [0, 0.05) is 24.2 Å². The lowest BCUT2D eigenvalue weighted by Gasteiger charge is -2.18. The number of halogens is 1. The maximum absolute atomic E-state index is 12.5. The van der Waals surface area contributed by atoms with Crippen molar-refractivity contribution in [2.24, 2.45) is 5.14 Å². The van der Waals surface area contributed by atoms with Crippen LogP contribution >= 0.6 is 11.6 Å². The molecule has 2 aromatic carbocycles. The summed E-state index contributed by atoms with van der Waals surface area (Å²) in [6.45, 7) is 0.568. The molecule has 0 radical (unpaired) electrons. The zero-order valence-corrected chi connectivity index (χ0v) is 15.2. The quantitative estimate of drug-likeness (QED) is 0.830. The Bertz CT molecular complexity index is 974. The van der Waals surface area contributed by atoms with Gasteiger partial charge in [-0.25, -0.2) is 13.6 Å². The van der Waals surface area contributed by atoms with E-state index in [0.717, 1.165) is 6.42 Å². The van der Waals surface area contributed by atoms with E-state index in [1.54, 1.807) is 23.1 Å². The highest BCUT2D eigenvalue weighted by Gasteiger charge is 2.24. The maximum Gasteiger partial charge on any atom is 0.255 e. The molecular weight excluding hydrogens is 378 g/mol. The van der Waals surface area contributed by atoms with Gasteiger partial charge in [0.2, 0.25) is 15.9 Å². The number of nitrogens with two attached hydrogens (primary N) is 1. The van der Waals surface area contributed by atoms with Gasteiger partial charge in [-0.3, -0.25) is 9.59 Å². The molecule has 0 bridgehead atoms. The Morgan fingerprint density at radius 1 is 1.15 bits per heavy atom. The fourth-order valence-corrected chi connectivity index (χ4v) is 3.43. The van der Waals surface area contributed by atoms with Crippen LogP contribution in [0.3, 0.4) is 0 Å². The number of nitrogens with zero attached hydrogens (tertiary/aromatic N) is 1. The standard InChI is InChI=1S/C17H16ClN3O4S/c18-14-8-3-11(10-15(14)21-9-1-2-16(21)22)17(23)20-12-4-6-13(7-5-12)26(19,24)25/h3-8,10H,1-2,9H2,(H,20,23)(H2,19,24,25). The average molecular weight is 394 g/mol. The van der Waals surface area contributed by atoms with E-state index in [1.807, 2.05) is 0 Å². The largest absolute Gasteiger partial charge is 0.322 e. The third-order valence-electron chi connectivity index (χ3n) is 4.01. The van der Waals surface area contributed by atoms with Crippen LogP contribution in [-0.4, -0.2) is 26.8 Å². The second kappa shape index (κ2) is 7.06. The average Bonchev–Trinajstić information content (AvgIpc) is 3.01. The van der Waals surface area contributed by atoms with E-state index < -0.39 is 15.9 Å². The molecule has 2 aromatic rings. The van der Waals surface area contributed by atoms with Crippen molar-refractivity contribution in [1.29, 1.82) is 0 Å². The van der Waals surface area contributed by atoms with Crippen molar-refractivity contribution < 1.29 is 18.0 Å². The lowest BCUT2D eigenvalue weighted by atomic mass is 10.1. The summed E-state index contributed by atoms with van der Waals surface area (Å²) >= 11 is 6.17. The normalized spacial score (nSPS) is 14.5. The van der Waals surface area contributed by atoms with Gasteiger partial charge in [0.15, 0.2) is 0 Å². The van der Waals surface area contributed by atoms with Gasteiger partial charge in [-0.2, -0.15) is 0 Å². The lowest BCUT2D eigenvalue weighted by Crippen LogP contribution is -2.24. The smallest absolute Gasteiger partial charge is 0.255 e.